The Hall–Kier alpha value is -0.120. The third-order valence-electron chi connectivity index (χ3n) is 3.27. The fraction of sp³-hybridized carbons (Fsp3) is 1.00. The third-order valence-corrected chi connectivity index (χ3v) is 3.27. The molecule has 0 amide bonds. The number of hydrogen-bond donors (Lipinski definition) is 1. The first-order valence-corrected chi connectivity index (χ1v) is 6.80. The fourth-order valence-electron chi connectivity index (χ4n) is 2.06. The van der Waals surface area contributed by atoms with Crippen molar-refractivity contribution in [2.75, 3.05) is 46.4 Å². The van der Waals surface area contributed by atoms with Gasteiger partial charge in [-0.3, -0.25) is 0 Å². The van der Waals surface area contributed by atoms with Gasteiger partial charge in [0.25, 0.3) is 0 Å². The van der Waals surface area contributed by atoms with Gasteiger partial charge in [-0.2, -0.15) is 0 Å². The molecule has 1 aliphatic heterocycles. The molecule has 1 N–H and O–H groups in total. The van der Waals surface area contributed by atoms with Gasteiger partial charge in [0.05, 0.1) is 6.61 Å². The first-order chi connectivity index (χ1) is 7.83. The van der Waals surface area contributed by atoms with Gasteiger partial charge in [0.15, 0.2) is 0 Å². The largest absolute Gasteiger partial charge is 0.381 e. The number of unbranched alkanes of at least 4 members (excludes halogenated alkanes) is 2. The van der Waals surface area contributed by atoms with Crippen LogP contribution in [0.2, 0.25) is 0 Å². The maximum absolute atomic E-state index is 5.35. The van der Waals surface area contributed by atoms with Gasteiger partial charge >= 0.3 is 0 Å². The van der Waals surface area contributed by atoms with Crippen molar-refractivity contribution in [3.8, 4) is 0 Å². The standard InChI is InChI=1S/C13H28N2O/c1-3-4-5-8-15(2)9-7-14-11-13-6-10-16-12-13/h13-14H,3-12H2,1-2H3. The average molecular weight is 228 g/mol. The lowest BCUT2D eigenvalue weighted by molar-refractivity contribution is 0.185. The highest BCUT2D eigenvalue weighted by Gasteiger charge is 2.14. The summed E-state index contributed by atoms with van der Waals surface area (Å²) in [5.74, 6) is 0.755. The Morgan fingerprint density at radius 3 is 2.88 bits per heavy atom. The Labute approximate surface area is 101 Å². The van der Waals surface area contributed by atoms with E-state index in [0.717, 1.165) is 38.8 Å². The van der Waals surface area contributed by atoms with Gasteiger partial charge in [0, 0.05) is 26.2 Å². The van der Waals surface area contributed by atoms with Gasteiger partial charge in [-0.05, 0) is 32.4 Å². The van der Waals surface area contributed by atoms with Crippen molar-refractivity contribution in [2.24, 2.45) is 5.92 Å². The fourth-order valence-corrected chi connectivity index (χ4v) is 2.06. The molecule has 1 aliphatic rings. The van der Waals surface area contributed by atoms with Gasteiger partial charge in [-0.1, -0.05) is 19.8 Å². The first-order valence-electron chi connectivity index (χ1n) is 6.80. The van der Waals surface area contributed by atoms with Crippen LogP contribution in [0.1, 0.15) is 32.6 Å². The highest BCUT2D eigenvalue weighted by atomic mass is 16.5. The molecule has 1 heterocycles. The molecule has 0 spiro atoms. The second-order valence-electron chi connectivity index (χ2n) is 4.94. The molecule has 96 valence electrons. The molecule has 3 nitrogen and oxygen atoms in total. The molecular weight excluding hydrogens is 200 g/mol. The summed E-state index contributed by atoms with van der Waals surface area (Å²) in [5.41, 5.74) is 0. The second-order valence-corrected chi connectivity index (χ2v) is 4.94. The Balaban J connectivity index is 1.85. The molecule has 1 fully saturated rings. The van der Waals surface area contributed by atoms with E-state index in [1.807, 2.05) is 0 Å². The molecule has 0 aromatic carbocycles. The maximum Gasteiger partial charge on any atom is 0.0507 e. The minimum Gasteiger partial charge on any atom is -0.381 e. The van der Waals surface area contributed by atoms with Gasteiger partial charge < -0.3 is 15.0 Å². The van der Waals surface area contributed by atoms with Crippen molar-refractivity contribution < 1.29 is 4.74 Å². The molecule has 1 saturated heterocycles. The van der Waals surface area contributed by atoms with Crippen molar-refractivity contribution in [3.63, 3.8) is 0 Å². The number of rotatable bonds is 9. The van der Waals surface area contributed by atoms with Crippen molar-refractivity contribution in [1.29, 1.82) is 0 Å². The lowest BCUT2D eigenvalue weighted by Crippen LogP contribution is -2.32. The van der Waals surface area contributed by atoms with Crippen LogP contribution in [-0.4, -0.2) is 51.3 Å². The van der Waals surface area contributed by atoms with E-state index in [9.17, 15) is 0 Å². The van der Waals surface area contributed by atoms with Crippen LogP contribution in [-0.2, 0) is 4.74 Å². The van der Waals surface area contributed by atoms with Gasteiger partial charge in [-0.25, -0.2) is 0 Å². The Morgan fingerprint density at radius 2 is 2.19 bits per heavy atom. The lowest BCUT2D eigenvalue weighted by atomic mass is 10.1. The van der Waals surface area contributed by atoms with Crippen LogP contribution >= 0.6 is 0 Å². The Morgan fingerprint density at radius 1 is 1.31 bits per heavy atom. The summed E-state index contributed by atoms with van der Waals surface area (Å²) in [6, 6.07) is 0. The zero-order chi connectivity index (χ0) is 11.6. The molecule has 16 heavy (non-hydrogen) atoms. The van der Waals surface area contributed by atoms with Crippen LogP contribution in [0, 0.1) is 5.92 Å². The molecule has 1 atom stereocenters. The summed E-state index contributed by atoms with van der Waals surface area (Å²) in [6.07, 6.45) is 5.24. The highest BCUT2D eigenvalue weighted by Crippen LogP contribution is 2.10. The molecular formula is C13H28N2O. The van der Waals surface area contributed by atoms with Gasteiger partial charge in [0.2, 0.25) is 0 Å². The molecule has 0 aromatic heterocycles. The van der Waals surface area contributed by atoms with Crippen LogP contribution in [0.15, 0.2) is 0 Å². The van der Waals surface area contributed by atoms with E-state index < -0.39 is 0 Å². The first kappa shape index (κ1) is 13.9. The van der Waals surface area contributed by atoms with Crippen molar-refractivity contribution in [1.82, 2.24) is 10.2 Å². The van der Waals surface area contributed by atoms with Gasteiger partial charge in [0.1, 0.15) is 0 Å². The van der Waals surface area contributed by atoms with Gasteiger partial charge in [-0.15, -0.1) is 0 Å². The number of ether oxygens (including phenoxy) is 1. The van der Waals surface area contributed by atoms with E-state index in [0.29, 0.717) is 0 Å². The average Bonchev–Trinajstić information content (AvgIpc) is 2.78. The second kappa shape index (κ2) is 8.97. The topological polar surface area (TPSA) is 24.5 Å². The molecule has 3 heteroatoms. The third kappa shape index (κ3) is 6.46. The lowest BCUT2D eigenvalue weighted by Gasteiger charge is -2.17. The van der Waals surface area contributed by atoms with E-state index in [1.54, 1.807) is 0 Å². The molecule has 0 radical (unpaired) electrons. The van der Waals surface area contributed by atoms with Crippen molar-refractivity contribution in [2.45, 2.75) is 32.6 Å². The normalized spacial score (nSPS) is 20.8. The summed E-state index contributed by atoms with van der Waals surface area (Å²) in [4.78, 5) is 2.42. The molecule has 0 aromatic rings. The van der Waals surface area contributed by atoms with E-state index in [4.69, 9.17) is 4.74 Å². The SMILES string of the molecule is CCCCCN(C)CCNCC1CCOC1. The van der Waals surface area contributed by atoms with Crippen LogP contribution in [0.4, 0.5) is 0 Å². The smallest absolute Gasteiger partial charge is 0.0507 e. The maximum atomic E-state index is 5.35. The summed E-state index contributed by atoms with van der Waals surface area (Å²) in [6.45, 7) is 8.81. The highest BCUT2D eigenvalue weighted by molar-refractivity contribution is 4.67. The van der Waals surface area contributed by atoms with Crippen LogP contribution in [0.5, 0.6) is 0 Å². The minimum atomic E-state index is 0.755. The van der Waals surface area contributed by atoms with Crippen LogP contribution in [0.3, 0.4) is 0 Å². The minimum absolute atomic E-state index is 0.755. The van der Waals surface area contributed by atoms with E-state index in [1.165, 1.54) is 32.2 Å². The predicted molar refractivity (Wildman–Crippen MR) is 68.8 cm³/mol. The van der Waals surface area contributed by atoms with Crippen molar-refractivity contribution >= 4 is 0 Å². The Bertz CT molecular complexity index is 158. The van der Waals surface area contributed by atoms with E-state index >= 15 is 0 Å². The molecule has 1 unspecified atom stereocenters. The monoisotopic (exact) mass is 228 g/mol. The zero-order valence-electron chi connectivity index (χ0n) is 11.0. The van der Waals surface area contributed by atoms with E-state index in [2.05, 4.69) is 24.2 Å². The summed E-state index contributed by atoms with van der Waals surface area (Å²) < 4.78 is 5.35. The number of hydrogen-bond acceptors (Lipinski definition) is 3. The zero-order valence-corrected chi connectivity index (χ0v) is 11.0. The van der Waals surface area contributed by atoms with Crippen LogP contribution < -0.4 is 5.32 Å². The quantitative estimate of drug-likeness (QED) is 0.608. The van der Waals surface area contributed by atoms with Crippen molar-refractivity contribution in [3.05, 3.63) is 0 Å². The van der Waals surface area contributed by atoms with Crippen LogP contribution in [0.25, 0.3) is 0 Å². The molecule has 0 bridgehead atoms. The number of nitrogens with one attached hydrogen (secondary N) is 1. The summed E-state index contributed by atoms with van der Waals surface area (Å²) >= 11 is 0. The number of likely N-dealkylation sites (N-methyl/N-ethyl adjacent to an activating group) is 1. The summed E-state index contributed by atoms with van der Waals surface area (Å²) in [5, 5.41) is 3.53. The van der Waals surface area contributed by atoms with E-state index in [-0.39, 0.29) is 0 Å². The summed E-state index contributed by atoms with van der Waals surface area (Å²) in [7, 11) is 2.22. The molecule has 0 aliphatic carbocycles. The Kier molecular flexibility index (Phi) is 7.81. The number of nitrogens with zero attached hydrogens (tertiary/aromatic N) is 1. The predicted octanol–water partition coefficient (Wildman–Crippen LogP) is 1.73. The molecule has 1 rings (SSSR count). The molecule has 0 saturated carbocycles.